The van der Waals surface area contributed by atoms with Crippen molar-refractivity contribution in [2.45, 2.75) is 32.9 Å². The molecule has 0 radical (unpaired) electrons. The molecular weight excluding hydrogens is 338 g/mol. The van der Waals surface area contributed by atoms with E-state index < -0.39 is 0 Å². The van der Waals surface area contributed by atoms with Crippen molar-refractivity contribution >= 4 is 27.5 Å². The van der Waals surface area contributed by atoms with E-state index in [0.29, 0.717) is 0 Å². The Hall–Kier alpha value is -0.840. The Morgan fingerprint density at radius 2 is 2.20 bits per heavy atom. The molecule has 0 fully saturated rings. The Kier molecular flexibility index (Phi) is 5.24. The maximum atomic E-state index is 6.09. The average Bonchev–Trinajstić information content (AvgIpc) is 2.71. The number of likely N-dealkylation sites (N-methyl/N-ethyl adjacent to an activating group) is 1. The summed E-state index contributed by atoms with van der Waals surface area (Å²) in [5.74, 6) is 0. The van der Waals surface area contributed by atoms with Crippen LogP contribution in [-0.4, -0.2) is 16.8 Å². The Balaban J connectivity index is 2.31. The van der Waals surface area contributed by atoms with Gasteiger partial charge in [0, 0.05) is 24.0 Å². The Morgan fingerprint density at radius 3 is 2.80 bits per heavy atom. The molecule has 0 aliphatic rings. The van der Waals surface area contributed by atoms with Crippen LogP contribution in [0.5, 0.6) is 0 Å². The lowest BCUT2D eigenvalue weighted by Gasteiger charge is -2.18. The van der Waals surface area contributed by atoms with Crippen molar-refractivity contribution in [1.82, 2.24) is 15.1 Å². The summed E-state index contributed by atoms with van der Waals surface area (Å²) in [6.45, 7) is 5.00. The van der Waals surface area contributed by atoms with Gasteiger partial charge in [-0.2, -0.15) is 5.10 Å². The van der Waals surface area contributed by atoms with Crippen molar-refractivity contribution in [2.75, 3.05) is 7.05 Å². The largest absolute Gasteiger partial charge is 0.313 e. The topological polar surface area (TPSA) is 29.9 Å². The van der Waals surface area contributed by atoms with Crippen LogP contribution in [0.15, 0.2) is 28.7 Å². The molecule has 0 saturated carbocycles. The molecule has 0 aliphatic carbocycles. The van der Waals surface area contributed by atoms with E-state index in [1.807, 2.05) is 36.9 Å². The van der Waals surface area contributed by atoms with Crippen LogP contribution in [0.3, 0.4) is 0 Å². The van der Waals surface area contributed by atoms with Gasteiger partial charge >= 0.3 is 0 Å². The summed E-state index contributed by atoms with van der Waals surface area (Å²) in [5, 5.41) is 8.67. The zero-order chi connectivity index (χ0) is 14.7. The van der Waals surface area contributed by atoms with E-state index in [4.69, 9.17) is 11.6 Å². The van der Waals surface area contributed by atoms with Crippen LogP contribution in [0, 0.1) is 6.92 Å². The van der Waals surface area contributed by atoms with Crippen LogP contribution in [0.25, 0.3) is 0 Å². The molecule has 108 valence electrons. The molecule has 0 saturated heterocycles. The summed E-state index contributed by atoms with van der Waals surface area (Å²) in [4.78, 5) is 0. The highest BCUT2D eigenvalue weighted by molar-refractivity contribution is 9.10. The van der Waals surface area contributed by atoms with Gasteiger partial charge in [0.05, 0.1) is 15.9 Å². The van der Waals surface area contributed by atoms with Crippen molar-refractivity contribution in [1.29, 1.82) is 0 Å². The molecule has 1 N–H and O–H groups in total. The number of aryl methyl sites for hydroxylation is 2. The second-order valence-corrected chi connectivity index (χ2v) is 5.99. The summed E-state index contributed by atoms with van der Waals surface area (Å²) >= 11 is 9.74. The van der Waals surface area contributed by atoms with Crippen molar-refractivity contribution in [3.05, 3.63) is 50.7 Å². The van der Waals surface area contributed by atoms with Crippen LogP contribution in [-0.2, 0) is 13.0 Å². The predicted molar refractivity (Wildman–Crippen MR) is 87.3 cm³/mol. The number of hydrogen-bond donors (Lipinski definition) is 1. The number of nitrogens with one attached hydrogen (secondary N) is 1. The molecule has 0 bridgehead atoms. The molecule has 0 spiro atoms. The Labute approximate surface area is 133 Å². The summed E-state index contributed by atoms with van der Waals surface area (Å²) in [6.07, 6.45) is 0.867. The molecule has 5 heteroatoms. The summed E-state index contributed by atoms with van der Waals surface area (Å²) in [5.41, 5.74) is 3.43. The minimum atomic E-state index is 0.214. The molecule has 2 rings (SSSR count). The summed E-state index contributed by atoms with van der Waals surface area (Å²) < 4.78 is 3.15. The van der Waals surface area contributed by atoms with E-state index in [1.54, 1.807) is 0 Å². The zero-order valence-electron chi connectivity index (χ0n) is 12.0. The quantitative estimate of drug-likeness (QED) is 0.873. The highest BCUT2D eigenvalue weighted by atomic mass is 79.9. The number of nitrogens with zero attached hydrogens (tertiary/aromatic N) is 2. The van der Waals surface area contributed by atoms with E-state index in [-0.39, 0.29) is 6.04 Å². The van der Waals surface area contributed by atoms with Crippen molar-refractivity contribution in [2.24, 2.45) is 0 Å². The molecule has 20 heavy (non-hydrogen) atoms. The third-order valence-electron chi connectivity index (χ3n) is 3.45. The molecule has 1 aromatic heterocycles. The van der Waals surface area contributed by atoms with Gasteiger partial charge < -0.3 is 5.32 Å². The van der Waals surface area contributed by atoms with Gasteiger partial charge in [-0.15, -0.1) is 0 Å². The van der Waals surface area contributed by atoms with Crippen LogP contribution >= 0.6 is 27.5 Å². The van der Waals surface area contributed by atoms with Crippen molar-refractivity contribution < 1.29 is 0 Å². The molecule has 1 aromatic carbocycles. The lowest BCUT2D eigenvalue weighted by atomic mass is 10.0. The van der Waals surface area contributed by atoms with Gasteiger partial charge in [0.2, 0.25) is 0 Å². The summed E-state index contributed by atoms with van der Waals surface area (Å²) in [7, 11) is 1.97. The first-order valence-electron chi connectivity index (χ1n) is 6.71. The second kappa shape index (κ2) is 6.74. The smallest absolute Gasteiger partial charge is 0.0738 e. The highest BCUT2D eigenvalue weighted by Gasteiger charge is 2.18. The fourth-order valence-corrected chi connectivity index (χ4v) is 3.01. The number of hydrogen-bond acceptors (Lipinski definition) is 2. The molecule has 3 nitrogen and oxygen atoms in total. The van der Waals surface area contributed by atoms with Crippen molar-refractivity contribution in [3.8, 4) is 0 Å². The van der Waals surface area contributed by atoms with E-state index >= 15 is 0 Å². The first-order chi connectivity index (χ1) is 9.56. The number of benzene rings is 1. The van der Waals surface area contributed by atoms with Crippen LogP contribution < -0.4 is 5.32 Å². The van der Waals surface area contributed by atoms with Crippen LogP contribution in [0.1, 0.15) is 29.9 Å². The van der Waals surface area contributed by atoms with Crippen LogP contribution in [0.2, 0.25) is 5.02 Å². The second-order valence-electron chi connectivity index (χ2n) is 4.76. The molecular formula is C15H19BrClN3. The van der Waals surface area contributed by atoms with Gasteiger partial charge in [0.25, 0.3) is 0 Å². The standard InChI is InChI=1S/C15H19BrClN3/c1-4-20-14(15(16)10(2)19-20)9-13(18-3)11-6-5-7-12(17)8-11/h5-8,13,18H,4,9H2,1-3H3. The summed E-state index contributed by atoms with van der Waals surface area (Å²) in [6, 6.07) is 8.20. The third kappa shape index (κ3) is 3.25. The third-order valence-corrected chi connectivity index (χ3v) is 4.72. The SMILES string of the molecule is CCn1nc(C)c(Br)c1CC(NC)c1cccc(Cl)c1. The maximum absolute atomic E-state index is 6.09. The van der Waals surface area contributed by atoms with Gasteiger partial charge in [-0.25, -0.2) is 0 Å². The number of aromatic nitrogens is 2. The molecule has 0 amide bonds. The monoisotopic (exact) mass is 355 g/mol. The van der Waals surface area contributed by atoms with Gasteiger partial charge in [-0.05, 0) is 54.5 Å². The van der Waals surface area contributed by atoms with Gasteiger partial charge in [0.15, 0.2) is 0 Å². The first kappa shape index (κ1) is 15.5. The molecule has 1 heterocycles. The Bertz CT molecular complexity index is 595. The lowest BCUT2D eigenvalue weighted by molar-refractivity contribution is 0.540. The van der Waals surface area contributed by atoms with Gasteiger partial charge in [-0.3, -0.25) is 4.68 Å². The van der Waals surface area contributed by atoms with Gasteiger partial charge in [-0.1, -0.05) is 23.7 Å². The molecule has 2 aromatic rings. The first-order valence-corrected chi connectivity index (χ1v) is 7.88. The average molecular weight is 357 g/mol. The van der Waals surface area contributed by atoms with E-state index in [1.165, 1.54) is 11.3 Å². The lowest BCUT2D eigenvalue weighted by Crippen LogP contribution is -2.20. The fraction of sp³-hybridized carbons (Fsp3) is 0.400. The normalized spacial score (nSPS) is 12.7. The molecule has 1 atom stereocenters. The van der Waals surface area contributed by atoms with Gasteiger partial charge in [0.1, 0.15) is 0 Å². The van der Waals surface area contributed by atoms with E-state index in [9.17, 15) is 0 Å². The minimum Gasteiger partial charge on any atom is -0.313 e. The van der Waals surface area contributed by atoms with Crippen LogP contribution in [0.4, 0.5) is 0 Å². The zero-order valence-corrected chi connectivity index (χ0v) is 14.3. The van der Waals surface area contributed by atoms with Crippen molar-refractivity contribution in [3.63, 3.8) is 0 Å². The molecule has 0 aliphatic heterocycles. The van der Waals surface area contributed by atoms with E-state index in [0.717, 1.165) is 28.2 Å². The number of halogens is 2. The Morgan fingerprint density at radius 1 is 1.45 bits per heavy atom. The predicted octanol–water partition coefficient (Wildman–Crippen LogP) is 4.13. The maximum Gasteiger partial charge on any atom is 0.0738 e. The van der Waals surface area contributed by atoms with E-state index in [2.05, 4.69) is 39.3 Å². The minimum absolute atomic E-state index is 0.214. The number of rotatable bonds is 5. The highest BCUT2D eigenvalue weighted by Crippen LogP contribution is 2.27. The molecule has 1 unspecified atom stereocenters. The fourth-order valence-electron chi connectivity index (χ4n) is 2.37.